The van der Waals surface area contributed by atoms with Crippen LogP contribution >= 0.6 is 0 Å². The first-order valence-electron chi connectivity index (χ1n) is 6.50. The van der Waals surface area contributed by atoms with E-state index >= 15 is 0 Å². The van der Waals surface area contributed by atoms with Crippen molar-refractivity contribution in [3.63, 3.8) is 0 Å². The van der Waals surface area contributed by atoms with Crippen molar-refractivity contribution in [3.05, 3.63) is 0 Å². The van der Waals surface area contributed by atoms with E-state index in [1.165, 1.54) is 6.54 Å². The molecule has 16 heavy (non-hydrogen) atoms. The summed E-state index contributed by atoms with van der Waals surface area (Å²) in [5, 5.41) is 3.25. The quantitative estimate of drug-likeness (QED) is 0.677. The van der Waals surface area contributed by atoms with Gasteiger partial charge in [0.2, 0.25) is 0 Å². The Morgan fingerprint density at radius 2 is 2.12 bits per heavy atom. The van der Waals surface area contributed by atoms with E-state index in [4.69, 9.17) is 4.74 Å². The van der Waals surface area contributed by atoms with Crippen LogP contribution in [0.2, 0.25) is 0 Å². The van der Waals surface area contributed by atoms with Gasteiger partial charge in [-0.25, -0.2) is 0 Å². The summed E-state index contributed by atoms with van der Waals surface area (Å²) in [6, 6.07) is 0.550. The Balaban J connectivity index is 2.31. The minimum Gasteiger partial charge on any atom is -0.378 e. The highest BCUT2D eigenvalue weighted by Gasteiger charge is 2.22. The highest BCUT2D eigenvalue weighted by atomic mass is 16.5. The highest BCUT2D eigenvalue weighted by Crippen LogP contribution is 2.06. The second-order valence-electron chi connectivity index (χ2n) is 4.35. The molecule has 1 rings (SSSR count). The molecule has 0 spiro atoms. The van der Waals surface area contributed by atoms with Gasteiger partial charge in [0.25, 0.3) is 0 Å². The number of ether oxygens (including phenoxy) is 1. The van der Waals surface area contributed by atoms with Gasteiger partial charge >= 0.3 is 0 Å². The molecule has 0 aliphatic carbocycles. The molecule has 1 N–H and O–H groups in total. The lowest BCUT2D eigenvalue weighted by Gasteiger charge is -2.36. The van der Waals surface area contributed by atoms with Gasteiger partial charge in [-0.1, -0.05) is 13.8 Å². The third kappa shape index (κ3) is 4.37. The third-order valence-corrected chi connectivity index (χ3v) is 3.39. The van der Waals surface area contributed by atoms with E-state index in [0.717, 1.165) is 45.9 Å². The number of nitrogens with one attached hydrogen (secondary N) is 1. The van der Waals surface area contributed by atoms with Crippen molar-refractivity contribution in [3.8, 4) is 0 Å². The van der Waals surface area contributed by atoms with Crippen LogP contribution in [0.15, 0.2) is 0 Å². The van der Waals surface area contributed by atoms with Crippen LogP contribution < -0.4 is 5.32 Å². The number of nitrogens with zero attached hydrogens (tertiary/aromatic N) is 2. The summed E-state index contributed by atoms with van der Waals surface area (Å²) in [6.45, 7) is 13.0. The van der Waals surface area contributed by atoms with Crippen LogP contribution in [-0.2, 0) is 4.74 Å². The minimum absolute atomic E-state index is 0.550. The third-order valence-electron chi connectivity index (χ3n) is 3.39. The van der Waals surface area contributed by atoms with Crippen molar-refractivity contribution in [2.45, 2.75) is 19.9 Å². The average molecular weight is 229 g/mol. The fourth-order valence-electron chi connectivity index (χ4n) is 2.22. The number of likely N-dealkylation sites (N-methyl/N-ethyl adjacent to an activating group) is 2. The molecule has 0 aromatic rings. The van der Waals surface area contributed by atoms with Crippen molar-refractivity contribution in [1.29, 1.82) is 0 Å². The summed E-state index contributed by atoms with van der Waals surface area (Å²) in [7, 11) is 2.01. The largest absolute Gasteiger partial charge is 0.378 e. The molecular formula is C12H27N3O. The summed E-state index contributed by atoms with van der Waals surface area (Å²) in [5.74, 6) is 0. The smallest absolute Gasteiger partial charge is 0.0634 e. The zero-order chi connectivity index (χ0) is 11.8. The van der Waals surface area contributed by atoms with Crippen LogP contribution in [0.25, 0.3) is 0 Å². The summed E-state index contributed by atoms with van der Waals surface area (Å²) in [5.41, 5.74) is 0. The van der Waals surface area contributed by atoms with Crippen LogP contribution in [-0.4, -0.2) is 75.4 Å². The normalized spacial score (nSPS) is 22.9. The first-order valence-corrected chi connectivity index (χ1v) is 6.50. The second-order valence-corrected chi connectivity index (χ2v) is 4.35. The Hall–Kier alpha value is -0.160. The van der Waals surface area contributed by atoms with Crippen molar-refractivity contribution in [1.82, 2.24) is 15.1 Å². The number of morpholine rings is 1. The van der Waals surface area contributed by atoms with Crippen molar-refractivity contribution < 1.29 is 4.74 Å². The number of rotatable bonds is 7. The van der Waals surface area contributed by atoms with E-state index in [2.05, 4.69) is 29.0 Å². The van der Waals surface area contributed by atoms with E-state index in [-0.39, 0.29) is 0 Å². The topological polar surface area (TPSA) is 27.7 Å². The molecule has 1 saturated heterocycles. The van der Waals surface area contributed by atoms with Crippen LogP contribution in [0.5, 0.6) is 0 Å². The van der Waals surface area contributed by atoms with Gasteiger partial charge in [-0.05, 0) is 20.1 Å². The summed E-state index contributed by atoms with van der Waals surface area (Å²) in [4.78, 5) is 5.03. The first-order chi connectivity index (χ1) is 7.81. The second kappa shape index (κ2) is 8.01. The van der Waals surface area contributed by atoms with E-state index in [1.807, 2.05) is 7.05 Å². The zero-order valence-corrected chi connectivity index (χ0v) is 11.0. The fraction of sp³-hybridized carbons (Fsp3) is 1.00. The lowest BCUT2D eigenvalue weighted by Crippen LogP contribution is -2.51. The molecule has 1 heterocycles. The highest BCUT2D eigenvalue weighted by molar-refractivity contribution is 4.77. The summed E-state index contributed by atoms with van der Waals surface area (Å²) in [6.07, 6.45) is 0. The molecule has 1 fully saturated rings. The molecule has 0 aromatic carbocycles. The maximum Gasteiger partial charge on any atom is 0.0634 e. The Morgan fingerprint density at radius 1 is 1.38 bits per heavy atom. The molecule has 1 aliphatic heterocycles. The van der Waals surface area contributed by atoms with Crippen molar-refractivity contribution >= 4 is 0 Å². The number of hydrogen-bond donors (Lipinski definition) is 1. The van der Waals surface area contributed by atoms with Crippen LogP contribution in [0.3, 0.4) is 0 Å². The minimum atomic E-state index is 0.550. The van der Waals surface area contributed by atoms with Crippen LogP contribution in [0, 0.1) is 0 Å². The van der Waals surface area contributed by atoms with Crippen LogP contribution in [0.4, 0.5) is 0 Å². The van der Waals surface area contributed by atoms with Gasteiger partial charge in [0.15, 0.2) is 0 Å². The molecule has 0 saturated carbocycles. The predicted molar refractivity (Wildman–Crippen MR) is 67.9 cm³/mol. The van der Waals surface area contributed by atoms with Gasteiger partial charge in [0.1, 0.15) is 0 Å². The van der Waals surface area contributed by atoms with Gasteiger partial charge in [-0.15, -0.1) is 0 Å². The first kappa shape index (κ1) is 13.9. The Labute approximate surface area is 99.9 Å². The zero-order valence-electron chi connectivity index (χ0n) is 11.0. The maximum absolute atomic E-state index is 5.53. The maximum atomic E-state index is 5.53. The molecule has 0 aromatic heterocycles. The van der Waals surface area contributed by atoms with Gasteiger partial charge in [-0.2, -0.15) is 0 Å². The van der Waals surface area contributed by atoms with Gasteiger partial charge < -0.3 is 15.0 Å². The van der Waals surface area contributed by atoms with Crippen molar-refractivity contribution in [2.75, 3.05) is 59.5 Å². The van der Waals surface area contributed by atoms with E-state index in [1.54, 1.807) is 0 Å². The lowest BCUT2D eigenvalue weighted by atomic mass is 10.2. The molecule has 4 heteroatoms. The SMILES string of the molecule is CCN(CC)CCN1CCOCC1CNC. The molecule has 1 unspecified atom stereocenters. The summed E-state index contributed by atoms with van der Waals surface area (Å²) >= 11 is 0. The Morgan fingerprint density at radius 3 is 2.75 bits per heavy atom. The molecule has 4 nitrogen and oxygen atoms in total. The van der Waals surface area contributed by atoms with Crippen molar-refractivity contribution in [2.24, 2.45) is 0 Å². The van der Waals surface area contributed by atoms with Gasteiger partial charge in [-0.3, -0.25) is 4.90 Å². The van der Waals surface area contributed by atoms with E-state index in [9.17, 15) is 0 Å². The fourth-order valence-corrected chi connectivity index (χ4v) is 2.22. The molecule has 0 amide bonds. The summed E-state index contributed by atoms with van der Waals surface area (Å²) < 4.78 is 5.53. The molecule has 0 radical (unpaired) electrons. The monoisotopic (exact) mass is 229 g/mol. The Kier molecular flexibility index (Phi) is 6.96. The molecule has 1 atom stereocenters. The number of hydrogen-bond acceptors (Lipinski definition) is 4. The van der Waals surface area contributed by atoms with Gasteiger partial charge in [0.05, 0.1) is 13.2 Å². The predicted octanol–water partition coefficient (Wildman–Crippen LogP) is 0.248. The van der Waals surface area contributed by atoms with Crippen LogP contribution in [0.1, 0.15) is 13.8 Å². The van der Waals surface area contributed by atoms with Gasteiger partial charge in [0, 0.05) is 32.2 Å². The lowest BCUT2D eigenvalue weighted by molar-refractivity contribution is -0.00940. The van der Waals surface area contributed by atoms with E-state index < -0.39 is 0 Å². The molecule has 1 aliphatic rings. The molecule has 0 bridgehead atoms. The molecule has 96 valence electrons. The molecular weight excluding hydrogens is 202 g/mol. The standard InChI is InChI=1S/C12H27N3O/c1-4-14(5-2)6-7-15-8-9-16-11-12(15)10-13-3/h12-13H,4-11H2,1-3H3. The van der Waals surface area contributed by atoms with E-state index in [0.29, 0.717) is 6.04 Å². The Bertz CT molecular complexity index is 172. The average Bonchev–Trinajstić information content (AvgIpc) is 2.33.